The molecule has 4 unspecified atom stereocenters. The Hall–Kier alpha value is 1.44. The van der Waals surface area contributed by atoms with Gasteiger partial charge < -0.3 is 0 Å². The van der Waals surface area contributed by atoms with Crippen LogP contribution in [0, 0.1) is 0 Å². The lowest BCUT2D eigenvalue weighted by Crippen LogP contribution is -2.21. The van der Waals surface area contributed by atoms with Crippen LogP contribution in [0.1, 0.15) is 77.0 Å². The predicted octanol–water partition coefficient (Wildman–Crippen LogP) is 8.14. The van der Waals surface area contributed by atoms with E-state index in [1.54, 1.807) is 0 Å². The smallest absolute Gasteiger partial charge is 0.135 e. The van der Waals surface area contributed by atoms with Crippen molar-refractivity contribution < 1.29 is 0 Å². The highest BCUT2D eigenvalue weighted by atomic mass is 33.1. The third kappa shape index (κ3) is 6.98. The van der Waals surface area contributed by atoms with Gasteiger partial charge >= 0.3 is 0 Å². The van der Waals surface area contributed by atoms with Crippen molar-refractivity contribution in [2.45, 2.75) is 99.6 Å². The lowest BCUT2D eigenvalue weighted by molar-refractivity contribution is 0.462. The average molecular weight is 493 g/mol. The lowest BCUT2D eigenvalue weighted by Gasteiger charge is -2.21. The molecule has 8 heteroatoms. The monoisotopic (exact) mass is 492 g/mol. The van der Waals surface area contributed by atoms with Crippen LogP contribution >= 0.6 is 66.7 Å². The number of thioether (sulfide) groups is 2. The molecule has 0 bridgehead atoms. The van der Waals surface area contributed by atoms with Crippen LogP contribution in [0.15, 0.2) is 9.98 Å². The van der Waals surface area contributed by atoms with E-state index >= 15 is 0 Å². The third-order valence-corrected chi connectivity index (χ3v) is 14.2. The largest absolute Gasteiger partial charge is 0.266 e. The Balaban J connectivity index is 0.956. The van der Waals surface area contributed by atoms with E-state index in [0.717, 1.165) is 10.5 Å². The molecule has 158 valence electrons. The number of hydrogen-bond donors (Lipinski definition) is 0. The van der Waals surface area contributed by atoms with Crippen molar-refractivity contribution in [3.8, 4) is 0 Å². The maximum absolute atomic E-state index is 4.94. The van der Waals surface area contributed by atoms with Crippen molar-refractivity contribution in [3.05, 3.63) is 0 Å². The first-order valence-corrected chi connectivity index (χ1v) is 17.4. The van der Waals surface area contributed by atoms with Gasteiger partial charge in [-0.05, 0) is 60.1 Å². The fourth-order valence-electron chi connectivity index (χ4n) is 4.26. The molecule has 0 aromatic carbocycles. The minimum absolute atomic E-state index is 0.648. The standard InChI is InChI=1S/C20H32N2S6/c1(7-13-23-27-19-21-15-9-3-5-11-17(15)25-19)2-8-14-24-28-20-22-16-10-4-6-12-18(16)26-20/h15-18H,1-14H2. The number of nitrogens with zero attached hydrogens (tertiary/aromatic N) is 2. The molecule has 2 nitrogen and oxygen atoms in total. The fraction of sp³-hybridized carbons (Fsp3) is 0.900. The Bertz CT molecular complexity index is 507. The first-order chi connectivity index (χ1) is 13.9. The van der Waals surface area contributed by atoms with Gasteiger partial charge in [0.1, 0.15) is 8.75 Å². The van der Waals surface area contributed by atoms with Gasteiger partial charge in [-0.3, -0.25) is 9.98 Å². The number of unbranched alkanes of at least 4 members (excludes halogenated alkanes) is 3. The van der Waals surface area contributed by atoms with E-state index in [1.165, 1.54) is 97.3 Å². The molecule has 0 radical (unpaired) electrons. The van der Waals surface area contributed by atoms with Crippen LogP contribution in [0.25, 0.3) is 0 Å². The zero-order valence-electron chi connectivity index (χ0n) is 16.6. The summed E-state index contributed by atoms with van der Waals surface area (Å²) >= 11 is 4.13. The summed E-state index contributed by atoms with van der Waals surface area (Å²) in [5.41, 5.74) is 0. The van der Waals surface area contributed by atoms with E-state index in [4.69, 9.17) is 9.98 Å². The van der Waals surface area contributed by atoms with E-state index in [-0.39, 0.29) is 0 Å². The van der Waals surface area contributed by atoms with E-state index in [1.807, 2.05) is 43.2 Å². The van der Waals surface area contributed by atoms with Crippen molar-refractivity contribution in [1.29, 1.82) is 0 Å². The summed E-state index contributed by atoms with van der Waals surface area (Å²) in [5.74, 6) is 2.55. The number of fused-ring (bicyclic) bond motifs is 2. The Morgan fingerprint density at radius 1 is 0.643 bits per heavy atom. The highest BCUT2D eigenvalue weighted by molar-refractivity contribution is 8.86. The van der Waals surface area contributed by atoms with Crippen molar-refractivity contribution in [1.82, 2.24) is 0 Å². The number of rotatable bonds is 9. The van der Waals surface area contributed by atoms with Crippen LogP contribution in [0.2, 0.25) is 0 Å². The van der Waals surface area contributed by atoms with E-state index in [0.29, 0.717) is 12.1 Å². The summed E-state index contributed by atoms with van der Waals surface area (Å²) in [5, 5.41) is 1.62. The van der Waals surface area contributed by atoms with Gasteiger partial charge in [-0.25, -0.2) is 0 Å². The van der Waals surface area contributed by atoms with Crippen molar-refractivity contribution in [2.75, 3.05) is 11.5 Å². The normalized spacial score (nSPS) is 32.0. The Labute approximate surface area is 195 Å². The maximum Gasteiger partial charge on any atom is 0.135 e. The van der Waals surface area contributed by atoms with Gasteiger partial charge in [0.25, 0.3) is 0 Å². The summed E-state index contributed by atoms with van der Waals surface area (Å²) in [6, 6.07) is 1.30. The quantitative estimate of drug-likeness (QED) is 0.238. The van der Waals surface area contributed by atoms with E-state index in [2.05, 4.69) is 23.5 Å². The highest BCUT2D eigenvalue weighted by Crippen LogP contribution is 2.44. The second-order valence-corrected chi connectivity index (χ2v) is 15.8. The second-order valence-electron chi connectivity index (χ2n) is 8.03. The Kier molecular flexibility index (Phi) is 10.1. The fourth-order valence-corrected chi connectivity index (χ4v) is 12.5. The van der Waals surface area contributed by atoms with Crippen LogP contribution in [0.5, 0.6) is 0 Å². The summed E-state index contributed by atoms with van der Waals surface area (Å²) in [6.07, 6.45) is 16.5. The number of aliphatic imine (C=N–C) groups is 2. The van der Waals surface area contributed by atoms with Crippen molar-refractivity contribution >= 4 is 75.5 Å². The van der Waals surface area contributed by atoms with E-state index < -0.39 is 0 Å². The SMILES string of the molecule is C(CCCSSC1=NC2CCCCC2S1)CCSSC1=NC2CCCCC2S1. The lowest BCUT2D eigenvalue weighted by atomic mass is 9.96. The number of hydrogen-bond acceptors (Lipinski definition) is 8. The molecule has 4 atom stereocenters. The topological polar surface area (TPSA) is 24.7 Å². The molecular formula is C20H32N2S6. The minimum Gasteiger partial charge on any atom is -0.266 e. The van der Waals surface area contributed by atoms with Gasteiger partial charge in [0.2, 0.25) is 0 Å². The Morgan fingerprint density at radius 3 is 1.57 bits per heavy atom. The summed E-state index contributed by atoms with van der Waals surface area (Å²) in [7, 11) is 7.96. The van der Waals surface area contributed by atoms with Crippen LogP contribution in [-0.2, 0) is 0 Å². The molecule has 2 heterocycles. The second kappa shape index (κ2) is 12.5. The molecular weight excluding hydrogens is 461 g/mol. The molecule has 0 aromatic rings. The molecule has 2 aliphatic heterocycles. The molecule has 0 saturated heterocycles. The maximum atomic E-state index is 4.94. The summed E-state index contributed by atoms with van der Waals surface area (Å²) in [4.78, 5) is 9.88. The van der Waals surface area contributed by atoms with Crippen LogP contribution < -0.4 is 0 Å². The molecule has 28 heavy (non-hydrogen) atoms. The predicted molar refractivity (Wildman–Crippen MR) is 141 cm³/mol. The van der Waals surface area contributed by atoms with Gasteiger partial charge in [-0.1, -0.05) is 83.6 Å². The molecule has 0 aromatic heterocycles. The molecule has 2 saturated carbocycles. The average Bonchev–Trinajstić information content (AvgIpc) is 3.32. The first kappa shape index (κ1) is 22.6. The first-order valence-electron chi connectivity index (χ1n) is 11.0. The van der Waals surface area contributed by atoms with Gasteiger partial charge in [0.05, 0.1) is 12.1 Å². The minimum atomic E-state index is 0.648. The molecule has 2 fully saturated rings. The molecule has 0 N–H and O–H groups in total. The zero-order chi connectivity index (χ0) is 19.0. The summed E-state index contributed by atoms with van der Waals surface area (Å²) in [6.45, 7) is 0. The zero-order valence-corrected chi connectivity index (χ0v) is 21.5. The van der Waals surface area contributed by atoms with Crippen molar-refractivity contribution in [2.24, 2.45) is 9.98 Å². The molecule has 0 amide bonds. The van der Waals surface area contributed by atoms with Crippen molar-refractivity contribution in [3.63, 3.8) is 0 Å². The van der Waals surface area contributed by atoms with Gasteiger partial charge in [-0.2, -0.15) is 0 Å². The molecule has 4 aliphatic rings. The van der Waals surface area contributed by atoms with Crippen LogP contribution in [0.4, 0.5) is 0 Å². The van der Waals surface area contributed by atoms with Gasteiger partial charge in [0.15, 0.2) is 0 Å². The highest BCUT2D eigenvalue weighted by Gasteiger charge is 2.33. The van der Waals surface area contributed by atoms with Crippen LogP contribution in [0.3, 0.4) is 0 Å². The van der Waals surface area contributed by atoms with Crippen LogP contribution in [-0.4, -0.2) is 42.8 Å². The molecule has 0 spiro atoms. The third-order valence-electron chi connectivity index (χ3n) is 5.85. The van der Waals surface area contributed by atoms with Gasteiger partial charge in [-0.15, -0.1) is 0 Å². The molecule has 2 aliphatic carbocycles. The van der Waals surface area contributed by atoms with E-state index in [9.17, 15) is 0 Å². The van der Waals surface area contributed by atoms with Gasteiger partial charge in [0, 0.05) is 22.0 Å². The Morgan fingerprint density at radius 2 is 1.11 bits per heavy atom. The summed E-state index contributed by atoms with van der Waals surface area (Å²) < 4.78 is 2.73. The molecule has 4 rings (SSSR count).